The first-order chi connectivity index (χ1) is 7.49. The summed E-state index contributed by atoms with van der Waals surface area (Å²) >= 11 is 0. The van der Waals surface area contributed by atoms with Crippen molar-refractivity contribution in [1.29, 1.82) is 0 Å². The van der Waals surface area contributed by atoms with Crippen molar-refractivity contribution in [3.63, 3.8) is 0 Å². The second kappa shape index (κ2) is 3.41. The van der Waals surface area contributed by atoms with E-state index in [9.17, 15) is 14.4 Å². The van der Waals surface area contributed by atoms with Crippen LogP contribution in [0, 0.1) is 6.92 Å². The van der Waals surface area contributed by atoms with E-state index in [1.54, 1.807) is 6.92 Å². The highest BCUT2D eigenvalue weighted by Gasteiger charge is 2.32. The number of carbonyl (C=O) groups excluding carboxylic acids is 3. The smallest absolute Gasteiger partial charge is 0.365 e. The normalized spacial score (nSPS) is 13.4. The van der Waals surface area contributed by atoms with Crippen molar-refractivity contribution in [2.24, 2.45) is 0 Å². The first-order valence-corrected chi connectivity index (χ1v) is 4.45. The number of nitrogens with zero attached hydrogens (tertiary/aromatic N) is 1. The summed E-state index contributed by atoms with van der Waals surface area (Å²) in [4.78, 5) is 37.0. The van der Waals surface area contributed by atoms with Crippen molar-refractivity contribution < 1.29 is 23.9 Å². The summed E-state index contributed by atoms with van der Waals surface area (Å²) in [7, 11) is 0. The number of pyridine rings is 1. The Kier molecular flexibility index (Phi) is 2.19. The van der Waals surface area contributed by atoms with Gasteiger partial charge in [0.05, 0.1) is 11.3 Å². The standard InChI is InChI=1S/C10H7NO5/c1-4-7(15-5(2)12)3-6-8(11-4)10(14)16-9(6)13/h3H,1-2H3. The summed E-state index contributed by atoms with van der Waals surface area (Å²) in [5, 5.41) is 0. The molecule has 2 heterocycles. The van der Waals surface area contributed by atoms with Gasteiger partial charge in [-0.3, -0.25) is 4.79 Å². The molecule has 1 aromatic rings. The van der Waals surface area contributed by atoms with Crippen LogP contribution in [0.15, 0.2) is 6.07 Å². The number of ether oxygens (including phenoxy) is 2. The average Bonchev–Trinajstić information content (AvgIpc) is 2.43. The van der Waals surface area contributed by atoms with Gasteiger partial charge in [0.15, 0.2) is 11.4 Å². The van der Waals surface area contributed by atoms with Crippen molar-refractivity contribution in [1.82, 2.24) is 4.98 Å². The number of hydrogen-bond donors (Lipinski definition) is 0. The Hall–Kier alpha value is -2.24. The van der Waals surface area contributed by atoms with Crippen molar-refractivity contribution in [2.75, 3.05) is 0 Å². The van der Waals surface area contributed by atoms with Crippen LogP contribution in [0.2, 0.25) is 0 Å². The van der Waals surface area contributed by atoms with E-state index in [-0.39, 0.29) is 17.0 Å². The van der Waals surface area contributed by atoms with Gasteiger partial charge in [-0.1, -0.05) is 0 Å². The summed E-state index contributed by atoms with van der Waals surface area (Å²) < 4.78 is 9.20. The van der Waals surface area contributed by atoms with E-state index in [1.165, 1.54) is 13.0 Å². The number of fused-ring (bicyclic) bond motifs is 1. The topological polar surface area (TPSA) is 82.6 Å². The van der Waals surface area contributed by atoms with Gasteiger partial charge in [-0.2, -0.15) is 0 Å². The first kappa shape index (κ1) is 10.3. The maximum absolute atomic E-state index is 11.2. The fraction of sp³-hybridized carbons (Fsp3) is 0.200. The second-order valence-electron chi connectivity index (χ2n) is 3.24. The van der Waals surface area contributed by atoms with Crippen LogP contribution in [0.1, 0.15) is 33.5 Å². The van der Waals surface area contributed by atoms with Crippen LogP contribution in [0.3, 0.4) is 0 Å². The fourth-order valence-electron chi connectivity index (χ4n) is 1.34. The van der Waals surface area contributed by atoms with E-state index >= 15 is 0 Å². The Balaban J connectivity index is 2.53. The minimum atomic E-state index is -0.780. The molecule has 1 aromatic heterocycles. The molecule has 1 aliphatic heterocycles. The third-order valence-electron chi connectivity index (χ3n) is 2.02. The van der Waals surface area contributed by atoms with Gasteiger partial charge in [-0.15, -0.1) is 0 Å². The second-order valence-corrected chi connectivity index (χ2v) is 3.24. The van der Waals surface area contributed by atoms with Gasteiger partial charge in [-0.05, 0) is 13.0 Å². The zero-order valence-electron chi connectivity index (χ0n) is 8.57. The van der Waals surface area contributed by atoms with Gasteiger partial charge in [0.2, 0.25) is 0 Å². The van der Waals surface area contributed by atoms with Crippen LogP contribution < -0.4 is 4.74 Å². The third-order valence-corrected chi connectivity index (χ3v) is 2.02. The third kappa shape index (κ3) is 1.54. The molecule has 0 fully saturated rings. The lowest BCUT2D eigenvalue weighted by molar-refractivity contribution is -0.131. The largest absolute Gasteiger partial charge is 0.425 e. The summed E-state index contributed by atoms with van der Waals surface area (Å²) in [6, 6.07) is 1.28. The van der Waals surface area contributed by atoms with Gasteiger partial charge >= 0.3 is 17.9 Å². The molecule has 0 aromatic carbocycles. The quantitative estimate of drug-likeness (QED) is 0.510. The van der Waals surface area contributed by atoms with Gasteiger partial charge in [0.1, 0.15) is 0 Å². The predicted molar refractivity (Wildman–Crippen MR) is 50.0 cm³/mol. The molecule has 1 aliphatic rings. The zero-order valence-corrected chi connectivity index (χ0v) is 8.57. The summed E-state index contributed by atoms with van der Waals surface area (Å²) in [6.45, 7) is 2.80. The number of rotatable bonds is 1. The van der Waals surface area contributed by atoms with Crippen LogP contribution in [-0.4, -0.2) is 22.9 Å². The zero-order chi connectivity index (χ0) is 11.9. The SMILES string of the molecule is CC(=O)Oc1cc2c(nc1C)C(=O)OC2=O. The maximum Gasteiger partial charge on any atom is 0.365 e. The minimum Gasteiger partial charge on any atom is -0.425 e. The minimum absolute atomic E-state index is 0.0202. The number of hydrogen-bond acceptors (Lipinski definition) is 6. The van der Waals surface area contributed by atoms with Gasteiger partial charge in [0, 0.05) is 6.92 Å². The molecule has 0 spiro atoms. The van der Waals surface area contributed by atoms with Crippen LogP contribution in [0.5, 0.6) is 5.75 Å². The Morgan fingerprint density at radius 2 is 2.06 bits per heavy atom. The molecule has 0 atom stereocenters. The van der Waals surface area contributed by atoms with Crippen molar-refractivity contribution in [3.05, 3.63) is 23.0 Å². The van der Waals surface area contributed by atoms with E-state index in [2.05, 4.69) is 9.72 Å². The molecule has 16 heavy (non-hydrogen) atoms. The Morgan fingerprint density at radius 3 is 2.69 bits per heavy atom. The van der Waals surface area contributed by atoms with Crippen LogP contribution in [0.25, 0.3) is 0 Å². The summed E-state index contributed by atoms with van der Waals surface area (Å²) in [6.07, 6.45) is 0. The van der Waals surface area contributed by atoms with E-state index in [0.717, 1.165) is 0 Å². The van der Waals surface area contributed by atoms with Gasteiger partial charge in [0.25, 0.3) is 0 Å². The van der Waals surface area contributed by atoms with E-state index in [4.69, 9.17) is 4.74 Å². The maximum atomic E-state index is 11.2. The highest BCUT2D eigenvalue weighted by atomic mass is 16.6. The van der Waals surface area contributed by atoms with E-state index in [0.29, 0.717) is 5.69 Å². The molecule has 6 heteroatoms. The Bertz CT molecular complexity index is 520. The van der Waals surface area contributed by atoms with Crippen molar-refractivity contribution >= 4 is 17.9 Å². The number of aromatic nitrogens is 1. The summed E-state index contributed by atoms with van der Waals surface area (Å²) in [5.74, 6) is -1.93. The number of cyclic esters (lactones) is 2. The van der Waals surface area contributed by atoms with Gasteiger partial charge < -0.3 is 9.47 Å². The van der Waals surface area contributed by atoms with Crippen LogP contribution >= 0.6 is 0 Å². The molecule has 6 nitrogen and oxygen atoms in total. The van der Waals surface area contributed by atoms with E-state index in [1.807, 2.05) is 0 Å². The van der Waals surface area contributed by atoms with Crippen molar-refractivity contribution in [2.45, 2.75) is 13.8 Å². The lowest BCUT2D eigenvalue weighted by Gasteiger charge is -2.04. The molecule has 0 unspecified atom stereocenters. The Labute approximate surface area is 90.2 Å². The number of carbonyl (C=O) groups is 3. The van der Waals surface area contributed by atoms with Crippen molar-refractivity contribution in [3.8, 4) is 5.75 Å². The molecule has 0 saturated carbocycles. The highest BCUT2D eigenvalue weighted by Crippen LogP contribution is 2.25. The summed E-state index contributed by atoms with van der Waals surface area (Å²) in [5.41, 5.74) is 0.325. The molecule has 82 valence electrons. The number of esters is 3. The molecule has 0 N–H and O–H groups in total. The first-order valence-electron chi connectivity index (χ1n) is 4.45. The monoisotopic (exact) mass is 221 g/mol. The van der Waals surface area contributed by atoms with Gasteiger partial charge in [-0.25, -0.2) is 14.6 Å². The molecule has 0 radical (unpaired) electrons. The molecule has 0 bridgehead atoms. The molecule has 0 saturated heterocycles. The molecular weight excluding hydrogens is 214 g/mol. The molecule has 0 aliphatic carbocycles. The molecular formula is C10H7NO5. The number of aryl methyl sites for hydroxylation is 1. The Morgan fingerprint density at radius 1 is 1.38 bits per heavy atom. The predicted octanol–water partition coefficient (Wildman–Crippen LogP) is 0.626. The fourth-order valence-corrected chi connectivity index (χ4v) is 1.34. The lowest BCUT2D eigenvalue weighted by Crippen LogP contribution is -2.06. The van der Waals surface area contributed by atoms with E-state index < -0.39 is 17.9 Å². The lowest BCUT2D eigenvalue weighted by atomic mass is 10.2. The molecule has 2 rings (SSSR count). The highest BCUT2D eigenvalue weighted by molar-refractivity contribution is 6.13. The van der Waals surface area contributed by atoms with Crippen LogP contribution in [0.4, 0.5) is 0 Å². The van der Waals surface area contributed by atoms with Crippen LogP contribution in [-0.2, 0) is 9.53 Å². The molecule has 0 amide bonds. The average molecular weight is 221 g/mol.